The van der Waals surface area contributed by atoms with Crippen molar-refractivity contribution in [2.24, 2.45) is 17.8 Å². The molecule has 20 heavy (non-hydrogen) atoms. The van der Waals surface area contributed by atoms with Crippen LogP contribution in [0.25, 0.3) is 0 Å². The van der Waals surface area contributed by atoms with Crippen LogP contribution in [0.2, 0.25) is 0 Å². The van der Waals surface area contributed by atoms with Gasteiger partial charge >= 0.3 is 5.97 Å². The van der Waals surface area contributed by atoms with Crippen LogP contribution in [0.3, 0.4) is 0 Å². The second-order valence-electron chi connectivity index (χ2n) is 6.79. The fraction of sp³-hybridized carbons (Fsp3) is 0.800. The van der Waals surface area contributed by atoms with E-state index < -0.39 is 17.7 Å². The summed E-state index contributed by atoms with van der Waals surface area (Å²) in [6, 6.07) is 0. The lowest BCUT2D eigenvalue weighted by atomic mass is 9.59. The standard InChI is InChI=1S/C15H20O5/c1-8-4-5-11-9(2)12(16)17-13-15(11)10(8)6-7-14(3,18-13)19-20-15/h8,10-11,13H,2,4-7H2,1,3H3/t8-,10?,11?,13+,14-,15-/m0/s1. The third-order valence-electron chi connectivity index (χ3n) is 5.62. The Balaban J connectivity index is 1.86. The minimum absolute atomic E-state index is 0.0717. The summed E-state index contributed by atoms with van der Waals surface area (Å²) in [7, 11) is 0. The number of rotatable bonds is 0. The fourth-order valence-electron chi connectivity index (χ4n) is 4.46. The molecule has 2 unspecified atom stereocenters. The van der Waals surface area contributed by atoms with E-state index in [9.17, 15) is 4.79 Å². The summed E-state index contributed by atoms with van der Waals surface area (Å²) in [6.07, 6.45) is 2.95. The summed E-state index contributed by atoms with van der Waals surface area (Å²) in [5.41, 5.74) is -0.213. The monoisotopic (exact) mass is 280 g/mol. The molecule has 4 saturated heterocycles. The number of ether oxygens (including phenoxy) is 2. The molecule has 5 heteroatoms. The topological polar surface area (TPSA) is 54.0 Å². The van der Waals surface area contributed by atoms with Gasteiger partial charge in [-0.05, 0) is 32.1 Å². The van der Waals surface area contributed by atoms with E-state index >= 15 is 0 Å². The Kier molecular flexibility index (Phi) is 2.46. The maximum Gasteiger partial charge on any atom is 0.336 e. The lowest BCUT2D eigenvalue weighted by Gasteiger charge is -2.56. The van der Waals surface area contributed by atoms with Gasteiger partial charge in [0, 0.05) is 23.8 Å². The van der Waals surface area contributed by atoms with E-state index in [0.717, 1.165) is 25.7 Å². The van der Waals surface area contributed by atoms with Crippen molar-refractivity contribution in [2.45, 2.75) is 57.2 Å². The molecule has 5 fully saturated rings. The first-order chi connectivity index (χ1) is 9.46. The van der Waals surface area contributed by atoms with Crippen LogP contribution in [0.4, 0.5) is 0 Å². The fourth-order valence-corrected chi connectivity index (χ4v) is 4.46. The van der Waals surface area contributed by atoms with Gasteiger partial charge in [0.2, 0.25) is 12.1 Å². The first-order valence-corrected chi connectivity index (χ1v) is 7.41. The van der Waals surface area contributed by atoms with Crippen LogP contribution < -0.4 is 0 Å². The minimum atomic E-state index is -0.823. The number of carbonyl (C=O) groups excluding carboxylic acids is 1. The molecule has 5 nitrogen and oxygen atoms in total. The second kappa shape index (κ2) is 3.84. The molecule has 2 bridgehead atoms. The van der Waals surface area contributed by atoms with E-state index in [0.29, 0.717) is 11.5 Å². The molecule has 0 aromatic rings. The van der Waals surface area contributed by atoms with E-state index in [1.165, 1.54) is 0 Å². The molecule has 0 aromatic carbocycles. The van der Waals surface area contributed by atoms with Gasteiger partial charge in [-0.25, -0.2) is 14.6 Å². The predicted octanol–water partition coefficient (Wildman–Crippen LogP) is 2.32. The zero-order chi connectivity index (χ0) is 14.1. The zero-order valence-corrected chi connectivity index (χ0v) is 11.9. The van der Waals surface area contributed by atoms with Gasteiger partial charge in [0.05, 0.1) is 0 Å². The van der Waals surface area contributed by atoms with E-state index in [1.807, 2.05) is 6.92 Å². The first kappa shape index (κ1) is 12.8. The third kappa shape index (κ3) is 1.41. The highest BCUT2D eigenvalue weighted by molar-refractivity contribution is 5.89. The molecule has 0 N–H and O–H groups in total. The Hall–Kier alpha value is -0.910. The van der Waals surface area contributed by atoms with E-state index in [4.69, 9.17) is 19.2 Å². The van der Waals surface area contributed by atoms with E-state index in [1.54, 1.807) is 0 Å². The molecular weight excluding hydrogens is 260 g/mol. The van der Waals surface area contributed by atoms with Gasteiger partial charge in [-0.3, -0.25) is 0 Å². The van der Waals surface area contributed by atoms with Crippen LogP contribution >= 0.6 is 0 Å². The van der Waals surface area contributed by atoms with Gasteiger partial charge in [-0.15, -0.1) is 0 Å². The number of fused-ring (bicyclic) bond motifs is 2. The van der Waals surface area contributed by atoms with Crippen LogP contribution in [-0.4, -0.2) is 23.6 Å². The van der Waals surface area contributed by atoms with Crippen molar-refractivity contribution >= 4 is 5.97 Å². The molecule has 0 amide bonds. The molecule has 0 aromatic heterocycles. The van der Waals surface area contributed by atoms with Crippen LogP contribution in [0.5, 0.6) is 0 Å². The van der Waals surface area contributed by atoms with Crippen molar-refractivity contribution in [2.75, 3.05) is 0 Å². The summed E-state index contributed by atoms with van der Waals surface area (Å²) < 4.78 is 11.5. The average molecular weight is 280 g/mol. The number of hydrogen-bond donors (Lipinski definition) is 0. The highest BCUT2D eigenvalue weighted by Gasteiger charge is 2.69. The molecule has 110 valence electrons. The average Bonchev–Trinajstić information content (AvgIpc) is 2.63. The van der Waals surface area contributed by atoms with Crippen molar-refractivity contribution in [1.29, 1.82) is 0 Å². The SMILES string of the molecule is C=C1C(=O)O[C@@H]2O[C@]3(C)CCC4[C@@H](C)CCC1[C@@]42OO3. The summed E-state index contributed by atoms with van der Waals surface area (Å²) in [4.78, 5) is 23.5. The lowest BCUT2D eigenvalue weighted by molar-refractivity contribution is -0.554. The van der Waals surface area contributed by atoms with Crippen LogP contribution in [0.15, 0.2) is 12.2 Å². The number of hydrogen-bond acceptors (Lipinski definition) is 5. The predicted molar refractivity (Wildman–Crippen MR) is 68.0 cm³/mol. The largest absolute Gasteiger partial charge is 0.429 e. The van der Waals surface area contributed by atoms with Crippen LogP contribution in [0.1, 0.15) is 39.5 Å². The number of esters is 1. The second-order valence-corrected chi connectivity index (χ2v) is 6.79. The minimum Gasteiger partial charge on any atom is -0.429 e. The Morgan fingerprint density at radius 2 is 2.05 bits per heavy atom. The summed E-state index contributed by atoms with van der Waals surface area (Å²) in [5, 5.41) is 0. The molecule has 4 heterocycles. The molecular formula is C15H20O5. The van der Waals surface area contributed by atoms with Crippen molar-refractivity contribution in [1.82, 2.24) is 0 Å². The Morgan fingerprint density at radius 1 is 1.25 bits per heavy atom. The molecule has 1 aliphatic carbocycles. The molecule has 4 aliphatic heterocycles. The van der Waals surface area contributed by atoms with Crippen LogP contribution in [0, 0.1) is 17.8 Å². The Morgan fingerprint density at radius 3 is 2.85 bits per heavy atom. The van der Waals surface area contributed by atoms with E-state index in [-0.39, 0.29) is 17.8 Å². The highest BCUT2D eigenvalue weighted by Crippen LogP contribution is 2.59. The summed E-state index contributed by atoms with van der Waals surface area (Å²) >= 11 is 0. The van der Waals surface area contributed by atoms with Gasteiger partial charge in [0.15, 0.2) is 5.60 Å². The molecule has 0 radical (unpaired) electrons. The Labute approximate surface area is 118 Å². The molecule has 5 rings (SSSR count). The van der Waals surface area contributed by atoms with Gasteiger partial charge in [0.1, 0.15) is 0 Å². The molecule has 1 spiro atoms. The smallest absolute Gasteiger partial charge is 0.336 e. The zero-order valence-electron chi connectivity index (χ0n) is 11.9. The van der Waals surface area contributed by atoms with Gasteiger partial charge in [0.25, 0.3) is 0 Å². The third-order valence-corrected chi connectivity index (χ3v) is 5.62. The van der Waals surface area contributed by atoms with Crippen molar-refractivity contribution in [3.8, 4) is 0 Å². The molecule has 5 aliphatic rings. The van der Waals surface area contributed by atoms with Crippen molar-refractivity contribution in [3.05, 3.63) is 12.2 Å². The van der Waals surface area contributed by atoms with Gasteiger partial charge in [-0.2, -0.15) is 0 Å². The van der Waals surface area contributed by atoms with Crippen LogP contribution in [-0.2, 0) is 24.0 Å². The van der Waals surface area contributed by atoms with Gasteiger partial charge < -0.3 is 9.47 Å². The summed E-state index contributed by atoms with van der Waals surface area (Å²) in [5.74, 6) is -0.501. The first-order valence-electron chi connectivity index (χ1n) is 7.41. The van der Waals surface area contributed by atoms with Gasteiger partial charge in [-0.1, -0.05) is 13.5 Å². The highest BCUT2D eigenvalue weighted by atomic mass is 17.3. The van der Waals surface area contributed by atoms with Crippen molar-refractivity contribution in [3.63, 3.8) is 0 Å². The van der Waals surface area contributed by atoms with Crippen molar-refractivity contribution < 1.29 is 24.0 Å². The summed E-state index contributed by atoms with van der Waals surface area (Å²) in [6.45, 7) is 8.00. The van der Waals surface area contributed by atoms with E-state index in [2.05, 4.69) is 13.5 Å². The number of carbonyl (C=O) groups is 1. The molecule has 1 saturated carbocycles. The molecule has 6 atom stereocenters. The normalized spacial score (nSPS) is 54.1. The maximum absolute atomic E-state index is 12.0. The lowest BCUT2D eigenvalue weighted by Crippen LogP contribution is -2.68. The quantitative estimate of drug-likeness (QED) is 0.387. The Bertz CT molecular complexity index is 489. The maximum atomic E-state index is 12.0.